The van der Waals surface area contributed by atoms with Crippen molar-refractivity contribution >= 4 is 28.5 Å². The topological polar surface area (TPSA) is 50.9 Å². The lowest BCUT2D eigenvalue weighted by atomic mass is 10.1. The van der Waals surface area contributed by atoms with Gasteiger partial charge in [-0.2, -0.15) is 5.10 Å². The van der Waals surface area contributed by atoms with Crippen molar-refractivity contribution in [2.75, 3.05) is 0 Å². The first-order valence-electron chi connectivity index (χ1n) is 9.57. The molecule has 0 atom stereocenters. The molecule has 2 aromatic carbocycles. The summed E-state index contributed by atoms with van der Waals surface area (Å²) in [6.07, 6.45) is 3.52. The predicted molar refractivity (Wildman–Crippen MR) is 119 cm³/mol. The van der Waals surface area contributed by atoms with Gasteiger partial charge in [0.15, 0.2) is 9.73 Å². The number of hydrogen-bond acceptors (Lipinski definition) is 4. The van der Waals surface area contributed by atoms with Crippen molar-refractivity contribution < 1.29 is 4.39 Å². The zero-order valence-corrected chi connectivity index (χ0v) is 17.6. The van der Waals surface area contributed by atoms with Gasteiger partial charge in [0.05, 0.1) is 5.69 Å². The molecule has 0 aliphatic rings. The third kappa shape index (κ3) is 3.71. The van der Waals surface area contributed by atoms with E-state index in [4.69, 9.17) is 12.2 Å². The molecule has 0 fully saturated rings. The standard InChI is InChI=1S/C22H18FN5S2/c23-17-8-6-16(7-9-17)19-13-28-18(14-30-22(28)24-19)12-20-25-26-21(29)27(20)11-10-15-4-2-1-3-5-15/h1-9,13-14H,10-12H2,(H,26,29). The smallest absolute Gasteiger partial charge is 0.195 e. The van der Waals surface area contributed by atoms with Gasteiger partial charge in [-0.1, -0.05) is 30.3 Å². The molecule has 0 spiro atoms. The maximum absolute atomic E-state index is 13.2. The van der Waals surface area contributed by atoms with Gasteiger partial charge < -0.3 is 4.57 Å². The summed E-state index contributed by atoms with van der Waals surface area (Å²) in [7, 11) is 0. The van der Waals surface area contributed by atoms with Crippen LogP contribution in [0.4, 0.5) is 4.39 Å². The molecule has 3 aromatic heterocycles. The molecule has 0 unspecified atom stereocenters. The van der Waals surface area contributed by atoms with Crippen LogP contribution in [0.25, 0.3) is 16.2 Å². The Bertz CT molecular complexity index is 1350. The van der Waals surface area contributed by atoms with Gasteiger partial charge in [-0.25, -0.2) is 9.37 Å². The van der Waals surface area contributed by atoms with Crippen molar-refractivity contribution in [2.24, 2.45) is 0 Å². The molecule has 0 bridgehead atoms. The fourth-order valence-corrected chi connectivity index (χ4v) is 4.59. The molecular weight excluding hydrogens is 417 g/mol. The van der Waals surface area contributed by atoms with Crippen LogP contribution >= 0.6 is 23.6 Å². The summed E-state index contributed by atoms with van der Waals surface area (Å²) in [5.41, 5.74) is 4.07. The van der Waals surface area contributed by atoms with Gasteiger partial charge in [0.1, 0.15) is 11.6 Å². The van der Waals surface area contributed by atoms with Crippen molar-refractivity contribution in [1.82, 2.24) is 24.1 Å². The van der Waals surface area contributed by atoms with Crippen LogP contribution in [0.3, 0.4) is 0 Å². The average molecular weight is 436 g/mol. The summed E-state index contributed by atoms with van der Waals surface area (Å²) in [5, 5.41) is 9.48. The molecule has 1 N–H and O–H groups in total. The number of aromatic nitrogens is 5. The molecule has 5 rings (SSSR count). The van der Waals surface area contributed by atoms with Gasteiger partial charge in [-0.3, -0.25) is 9.50 Å². The molecule has 5 nitrogen and oxygen atoms in total. The van der Waals surface area contributed by atoms with Crippen molar-refractivity contribution in [1.29, 1.82) is 0 Å². The predicted octanol–water partition coefficient (Wildman–Crippen LogP) is 5.29. The van der Waals surface area contributed by atoms with Crippen molar-refractivity contribution in [2.45, 2.75) is 19.4 Å². The highest BCUT2D eigenvalue weighted by Crippen LogP contribution is 2.25. The van der Waals surface area contributed by atoms with Gasteiger partial charge in [0, 0.05) is 35.8 Å². The van der Waals surface area contributed by atoms with Gasteiger partial charge in [0.2, 0.25) is 0 Å². The highest BCUT2D eigenvalue weighted by Gasteiger charge is 2.14. The molecule has 5 aromatic rings. The minimum atomic E-state index is -0.251. The second-order valence-electron chi connectivity index (χ2n) is 7.02. The number of benzene rings is 2. The number of hydrogen-bond donors (Lipinski definition) is 1. The third-order valence-corrected chi connectivity index (χ3v) is 6.27. The Kier molecular flexibility index (Phi) is 5.02. The highest BCUT2D eigenvalue weighted by molar-refractivity contribution is 7.71. The summed E-state index contributed by atoms with van der Waals surface area (Å²) < 4.78 is 18.0. The van der Waals surface area contributed by atoms with Crippen LogP contribution in [-0.2, 0) is 19.4 Å². The van der Waals surface area contributed by atoms with Gasteiger partial charge in [-0.05, 0) is 48.5 Å². The third-order valence-electron chi connectivity index (χ3n) is 5.07. The van der Waals surface area contributed by atoms with Crippen LogP contribution in [-0.4, -0.2) is 24.1 Å². The lowest BCUT2D eigenvalue weighted by Crippen LogP contribution is -2.08. The molecule has 0 aliphatic heterocycles. The second kappa shape index (κ2) is 7.97. The Hall–Kier alpha value is -3.10. The van der Waals surface area contributed by atoms with Crippen molar-refractivity contribution in [3.63, 3.8) is 0 Å². The number of imidazole rings is 1. The Morgan fingerprint density at radius 1 is 1.07 bits per heavy atom. The fraction of sp³-hybridized carbons (Fsp3) is 0.136. The lowest BCUT2D eigenvalue weighted by molar-refractivity contribution is 0.628. The molecule has 0 saturated heterocycles. The summed E-state index contributed by atoms with van der Waals surface area (Å²) >= 11 is 7.04. The van der Waals surface area contributed by atoms with Crippen molar-refractivity contribution in [3.05, 3.63) is 93.8 Å². The van der Waals surface area contributed by atoms with Crippen LogP contribution in [0.2, 0.25) is 0 Å². The van der Waals surface area contributed by atoms with E-state index in [0.29, 0.717) is 11.2 Å². The molecule has 0 radical (unpaired) electrons. The van der Waals surface area contributed by atoms with E-state index in [1.165, 1.54) is 17.7 Å². The first kappa shape index (κ1) is 18.9. The number of aromatic amines is 1. The first-order chi connectivity index (χ1) is 14.7. The monoisotopic (exact) mass is 435 g/mol. The van der Waals surface area contributed by atoms with Crippen LogP contribution < -0.4 is 0 Å². The number of nitrogens with one attached hydrogen (secondary N) is 1. The number of halogens is 1. The number of nitrogens with zero attached hydrogens (tertiary/aromatic N) is 4. The molecule has 0 aliphatic carbocycles. The van der Waals surface area contributed by atoms with Gasteiger partial charge >= 0.3 is 0 Å². The minimum Gasteiger partial charge on any atom is -0.303 e. The number of H-pyrrole nitrogens is 1. The van der Waals surface area contributed by atoms with E-state index in [9.17, 15) is 4.39 Å². The van der Waals surface area contributed by atoms with E-state index < -0.39 is 0 Å². The molecule has 3 heterocycles. The molecule has 0 saturated carbocycles. The van der Waals surface area contributed by atoms with Gasteiger partial charge in [0.25, 0.3) is 0 Å². The average Bonchev–Trinajstić information content (AvgIpc) is 3.44. The fourth-order valence-electron chi connectivity index (χ4n) is 3.48. The van der Waals surface area contributed by atoms with E-state index >= 15 is 0 Å². The van der Waals surface area contributed by atoms with E-state index in [-0.39, 0.29) is 5.82 Å². The summed E-state index contributed by atoms with van der Waals surface area (Å²) in [5.74, 6) is 0.645. The molecule has 150 valence electrons. The second-order valence-corrected chi connectivity index (χ2v) is 8.24. The molecule has 0 amide bonds. The highest BCUT2D eigenvalue weighted by atomic mass is 32.1. The molecular formula is C22H18FN5S2. The first-order valence-corrected chi connectivity index (χ1v) is 10.9. The zero-order valence-electron chi connectivity index (χ0n) is 16.0. The zero-order chi connectivity index (χ0) is 20.5. The van der Waals surface area contributed by atoms with Crippen molar-refractivity contribution in [3.8, 4) is 11.3 Å². The summed E-state index contributed by atoms with van der Waals surface area (Å²) in [6, 6.07) is 16.7. The lowest BCUT2D eigenvalue weighted by Gasteiger charge is -2.07. The van der Waals surface area contributed by atoms with E-state index in [1.807, 2.05) is 24.4 Å². The van der Waals surface area contributed by atoms with Crippen LogP contribution in [0.1, 0.15) is 17.1 Å². The van der Waals surface area contributed by atoms with Crippen LogP contribution in [0.15, 0.2) is 66.2 Å². The van der Waals surface area contributed by atoms with Crippen LogP contribution in [0, 0.1) is 10.6 Å². The molecule has 30 heavy (non-hydrogen) atoms. The number of rotatable bonds is 6. The Labute approximate surface area is 181 Å². The SMILES string of the molecule is Fc1ccc(-c2cn3c(Cc4n[nH]c(=S)n4CCc4ccccc4)csc3n2)cc1. The van der Waals surface area contributed by atoms with E-state index in [2.05, 4.69) is 41.7 Å². The van der Waals surface area contributed by atoms with E-state index in [1.54, 1.807) is 23.5 Å². The van der Waals surface area contributed by atoms with Gasteiger partial charge in [-0.15, -0.1) is 11.3 Å². The van der Waals surface area contributed by atoms with E-state index in [0.717, 1.165) is 40.7 Å². The summed E-state index contributed by atoms with van der Waals surface area (Å²) in [6.45, 7) is 0.771. The summed E-state index contributed by atoms with van der Waals surface area (Å²) in [4.78, 5) is 5.58. The Morgan fingerprint density at radius 3 is 2.67 bits per heavy atom. The quantitative estimate of drug-likeness (QED) is 0.369. The number of fused-ring (bicyclic) bond motifs is 1. The number of thiazole rings is 1. The minimum absolute atomic E-state index is 0.251. The normalized spacial score (nSPS) is 11.4. The number of aryl methyl sites for hydroxylation is 1. The Morgan fingerprint density at radius 2 is 1.87 bits per heavy atom. The Balaban J connectivity index is 1.41. The largest absolute Gasteiger partial charge is 0.303 e. The maximum atomic E-state index is 13.2. The van der Waals surface area contributed by atoms with Crippen LogP contribution in [0.5, 0.6) is 0 Å². The molecule has 8 heteroatoms. The maximum Gasteiger partial charge on any atom is 0.195 e.